The van der Waals surface area contributed by atoms with Gasteiger partial charge in [-0.3, -0.25) is 4.98 Å². The van der Waals surface area contributed by atoms with Gasteiger partial charge in [0.25, 0.3) is 0 Å². The summed E-state index contributed by atoms with van der Waals surface area (Å²) < 4.78 is 0. The largest absolute Gasteiger partial charge is 0.384 e. The summed E-state index contributed by atoms with van der Waals surface area (Å²) in [5.74, 6) is 0. The summed E-state index contributed by atoms with van der Waals surface area (Å²) in [7, 11) is 0. The van der Waals surface area contributed by atoms with Crippen LogP contribution in [0, 0.1) is 0 Å². The van der Waals surface area contributed by atoms with E-state index in [-0.39, 0.29) is 0 Å². The average molecular weight is 474 g/mol. The van der Waals surface area contributed by atoms with E-state index in [1.165, 1.54) is 84.5 Å². The van der Waals surface area contributed by atoms with Gasteiger partial charge in [-0.05, 0) is 82.7 Å². The van der Waals surface area contributed by atoms with Gasteiger partial charge in [-0.2, -0.15) is 0 Å². The third-order valence-electron chi connectivity index (χ3n) is 6.74. The van der Waals surface area contributed by atoms with Gasteiger partial charge < -0.3 is 20.0 Å². The number of piperazine rings is 1. The van der Waals surface area contributed by atoms with Gasteiger partial charge in [-0.1, -0.05) is 38.3 Å². The van der Waals surface area contributed by atoms with Crippen LogP contribution in [-0.4, -0.2) is 85.1 Å². The van der Waals surface area contributed by atoms with E-state index in [0.29, 0.717) is 0 Å². The molecule has 0 atom stereocenters. The number of halogens is 1. The molecule has 2 heterocycles. The van der Waals surface area contributed by atoms with Gasteiger partial charge in [0.1, 0.15) is 0 Å². The molecule has 1 aliphatic rings. The number of fused-ring (bicyclic) bond motifs is 1. The molecule has 33 heavy (non-hydrogen) atoms. The molecule has 1 saturated heterocycles. The Morgan fingerprint density at radius 2 is 1.52 bits per heavy atom. The predicted octanol–water partition coefficient (Wildman–Crippen LogP) is 5.60. The first kappa shape index (κ1) is 26.2. The van der Waals surface area contributed by atoms with Crippen LogP contribution in [0.15, 0.2) is 30.5 Å². The lowest BCUT2D eigenvalue weighted by Crippen LogP contribution is -2.47. The number of benzene rings is 1. The van der Waals surface area contributed by atoms with E-state index in [2.05, 4.69) is 51.0 Å². The Morgan fingerprint density at radius 1 is 0.879 bits per heavy atom. The van der Waals surface area contributed by atoms with Crippen molar-refractivity contribution in [3.05, 3.63) is 35.5 Å². The highest BCUT2D eigenvalue weighted by Gasteiger charge is 2.16. The number of aromatic nitrogens is 1. The van der Waals surface area contributed by atoms with Gasteiger partial charge in [-0.15, -0.1) is 0 Å². The van der Waals surface area contributed by atoms with Crippen molar-refractivity contribution in [2.45, 2.75) is 52.4 Å². The van der Waals surface area contributed by atoms with Crippen LogP contribution in [-0.2, 0) is 0 Å². The molecule has 184 valence electrons. The van der Waals surface area contributed by atoms with E-state index in [0.717, 1.165) is 41.1 Å². The molecule has 0 radical (unpaired) electrons. The van der Waals surface area contributed by atoms with Crippen molar-refractivity contribution in [2.75, 3.05) is 70.8 Å². The Labute approximate surface area is 206 Å². The van der Waals surface area contributed by atoms with Crippen molar-refractivity contribution in [1.29, 1.82) is 0 Å². The summed E-state index contributed by atoms with van der Waals surface area (Å²) >= 11 is 6.10. The van der Waals surface area contributed by atoms with E-state index in [1.54, 1.807) is 0 Å². The first-order chi connectivity index (χ1) is 16.2. The zero-order chi connectivity index (χ0) is 23.3. The molecule has 0 saturated carbocycles. The zero-order valence-corrected chi connectivity index (χ0v) is 21.6. The lowest BCUT2D eigenvalue weighted by atomic mass is 10.2. The maximum Gasteiger partial charge on any atom is 0.0737 e. The number of nitrogens with zero attached hydrogens (tertiary/aromatic N) is 4. The standard InChI is InChI=1S/C27H44ClN5/c1-3-5-14-31(15-6-4-2)17-8-18-33-21-19-32(20-22-33)16-7-12-29-26-11-13-30-27-23-24(28)9-10-25(26)27/h9-11,13,23H,3-8,12,14-22H2,1-2H3,(H,29,30). The van der Waals surface area contributed by atoms with Crippen molar-refractivity contribution in [3.63, 3.8) is 0 Å². The molecule has 0 unspecified atom stereocenters. The fourth-order valence-corrected chi connectivity index (χ4v) is 4.82. The summed E-state index contributed by atoms with van der Waals surface area (Å²) in [5.41, 5.74) is 2.09. The Morgan fingerprint density at radius 3 is 2.18 bits per heavy atom. The fourth-order valence-electron chi connectivity index (χ4n) is 4.65. The highest BCUT2D eigenvalue weighted by Crippen LogP contribution is 2.24. The van der Waals surface area contributed by atoms with Crippen molar-refractivity contribution >= 4 is 28.2 Å². The van der Waals surface area contributed by atoms with Crippen LogP contribution in [0.1, 0.15) is 52.4 Å². The molecule has 5 nitrogen and oxygen atoms in total. The molecule has 1 fully saturated rings. The fraction of sp³-hybridized carbons (Fsp3) is 0.667. The van der Waals surface area contributed by atoms with E-state index in [1.807, 2.05) is 18.3 Å². The number of anilines is 1. The molecule has 6 heteroatoms. The van der Waals surface area contributed by atoms with E-state index in [4.69, 9.17) is 11.6 Å². The van der Waals surface area contributed by atoms with Crippen LogP contribution in [0.4, 0.5) is 5.69 Å². The molecule has 0 spiro atoms. The molecule has 1 aromatic heterocycles. The zero-order valence-electron chi connectivity index (χ0n) is 20.9. The number of unbranched alkanes of at least 4 members (excludes halogenated alkanes) is 2. The Bertz CT molecular complexity index is 798. The summed E-state index contributed by atoms with van der Waals surface area (Å²) in [6, 6.07) is 7.97. The monoisotopic (exact) mass is 473 g/mol. The molecule has 1 aliphatic heterocycles. The maximum absolute atomic E-state index is 6.10. The quantitative estimate of drug-likeness (QED) is 0.340. The normalized spacial score (nSPS) is 15.5. The second-order valence-corrected chi connectivity index (χ2v) is 9.82. The molecule has 0 aliphatic carbocycles. The lowest BCUT2D eigenvalue weighted by Gasteiger charge is -2.35. The average Bonchev–Trinajstić information content (AvgIpc) is 2.83. The van der Waals surface area contributed by atoms with Gasteiger partial charge in [-0.25, -0.2) is 0 Å². The highest BCUT2D eigenvalue weighted by molar-refractivity contribution is 6.31. The van der Waals surface area contributed by atoms with Crippen LogP contribution in [0.5, 0.6) is 0 Å². The third-order valence-corrected chi connectivity index (χ3v) is 6.98. The number of hydrogen-bond donors (Lipinski definition) is 1. The lowest BCUT2D eigenvalue weighted by molar-refractivity contribution is 0.126. The molecule has 0 bridgehead atoms. The minimum absolute atomic E-state index is 0.733. The van der Waals surface area contributed by atoms with Gasteiger partial charge in [0.15, 0.2) is 0 Å². The smallest absolute Gasteiger partial charge is 0.0737 e. The minimum Gasteiger partial charge on any atom is -0.384 e. The SMILES string of the molecule is CCCCN(CCCC)CCCN1CCN(CCCNc2ccnc3cc(Cl)ccc23)CC1. The minimum atomic E-state index is 0.733. The Hall–Kier alpha value is -1.40. The molecule has 3 rings (SSSR count). The highest BCUT2D eigenvalue weighted by atomic mass is 35.5. The topological polar surface area (TPSA) is 34.6 Å². The van der Waals surface area contributed by atoms with Crippen LogP contribution >= 0.6 is 11.6 Å². The van der Waals surface area contributed by atoms with Gasteiger partial charge in [0.05, 0.1) is 5.52 Å². The maximum atomic E-state index is 6.10. The molecular weight excluding hydrogens is 430 g/mol. The Kier molecular flexibility index (Phi) is 11.7. The van der Waals surface area contributed by atoms with E-state index < -0.39 is 0 Å². The molecule has 0 amide bonds. The van der Waals surface area contributed by atoms with Crippen LogP contribution in [0.25, 0.3) is 10.9 Å². The number of nitrogens with one attached hydrogen (secondary N) is 1. The van der Waals surface area contributed by atoms with Crippen molar-refractivity contribution in [3.8, 4) is 0 Å². The first-order valence-electron chi connectivity index (χ1n) is 13.1. The number of rotatable bonds is 15. The van der Waals surface area contributed by atoms with Crippen LogP contribution < -0.4 is 5.32 Å². The Balaban J connectivity index is 1.29. The van der Waals surface area contributed by atoms with Crippen LogP contribution in [0.2, 0.25) is 5.02 Å². The third kappa shape index (κ3) is 9.05. The van der Waals surface area contributed by atoms with Crippen LogP contribution in [0.3, 0.4) is 0 Å². The summed E-state index contributed by atoms with van der Waals surface area (Å²) in [6.07, 6.45) is 9.59. The van der Waals surface area contributed by atoms with E-state index in [9.17, 15) is 0 Å². The first-order valence-corrected chi connectivity index (χ1v) is 13.5. The van der Waals surface area contributed by atoms with Crippen molar-refractivity contribution < 1.29 is 0 Å². The second kappa shape index (κ2) is 14.8. The van der Waals surface area contributed by atoms with Gasteiger partial charge in [0, 0.05) is 55.0 Å². The molecule has 2 aromatic rings. The van der Waals surface area contributed by atoms with Crippen molar-refractivity contribution in [1.82, 2.24) is 19.7 Å². The molecule has 1 N–H and O–H groups in total. The predicted molar refractivity (Wildman–Crippen MR) is 144 cm³/mol. The molecular formula is C27H44ClN5. The van der Waals surface area contributed by atoms with E-state index >= 15 is 0 Å². The van der Waals surface area contributed by atoms with Crippen molar-refractivity contribution in [2.24, 2.45) is 0 Å². The summed E-state index contributed by atoms with van der Waals surface area (Å²) in [5, 5.41) is 5.47. The molecule has 1 aromatic carbocycles. The number of pyridine rings is 1. The summed E-state index contributed by atoms with van der Waals surface area (Å²) in [6.45, 7) is 16.6. The van der Waals surface area contributed by atoms with Gasteiger partial charge in [0.2, 0.25) is 0 Å². The second-order valence-electron chi connectivity index (χ2n) is 9.39. The van der Waals surface area contributed by atoms with Gasteiger partial charge >= 0.3 is 0 Å². The number of hydrogen-bond acceptors (Lipinski definition) is 5. The summed E-state index contributed by atoms with van der Waals surface area (Å²) in [4.78, 5) is 12.4.